The highest BCUT2D eigenvalue weighted by Crippen LogP contribution is 2.24. The second-order valence-corrected chi connectivity index (χ2v) is 4.50. The zero-order valence-electron chi connectivity index (χ0n) is 9.93. The SMILES string of the molecule is N#CCN(C(=O)C1COCCO1)C1CCCC1. The Balaban J connectivity index is 1.98. The Labute approximate surface area is 101 Å². The molecule has 0 radical (unpaired) electrons. The number of carbonyl (C=O) groups excluding carboxylic acids is 1. The van der Waals surface area contributed by atoms with Gasteiger partial charge >= 0.3 is 0 Å². The van der Waals surface area contributed by atoms with Gasteiger partial charge in [-0.05, 0) is 12.8 Å². The summed E-state index contributed by atoms with van der Waals surface area (Å²) in [6, 6.07) is 2.29. The third-order valence-electron chi connectivity index (χ3n) is 3.38. The van der Waals surface area contributed by atoms with Gasteiger partial charge in [0.2, 0.25) is 0 Å². The number of hydrogen-bond acceptors (Lipinski definition) is 4. The molecule has 94 valence electrons. The molecule has 1 unspecified atom stereocenters. The maximum absolute atomic E-state index is 12.2. The fraction of sp³-hybridized carbons (Fsp3) is 0.833. The maximum Gasteiger partial charge on any atom is 0.255 e. The lowest BCUT2D eigenvalue weighted by molar-refractivity contribution is -0.159. The van der Waals surface area contributed by atoms with Crippen molar-refractivity contribution in [3.05, 3.63) is 0 Å². The van der Waals surface area contributed by atoms with Crippen LogP contribution in [0.2, 0.25) is 0 Å². The van der Waals surface area contributed by atoms with Crippen LogP contribution in [0.15, 0.2) is 0 Å². The molecule has 1 aliphatic carbocycles. The van der Waals surface area contributed by atoms with Crippen LogP contribution < -0.4 is 0 Å². The first kappa shape index (κ1) is 12.3. The summed E-state index contributed by atoms with van der Waals surface area (Å²) in [5.41, 5.74) is 0. The summed E-state index contributed by atoms with van der Waals surface area (Å²) in [4.78, 5) is 13.9. The largest absolute Gasteiger partial charge is 0.376 e. The Morgan fingerprint density at radius 3 is 2.71 bits per heavy atom. The van der Waals surface area contributed by atoms with E-state index in [4.69, 9.17) is 14.7 Å². The van der Waals surface area contributed by atoms with Crippen molar-refractivity contribution in [3.8, 4) is 6.07 Å². The van der Waals surface area contributed by atoms with Crippen molar-refractivity contribution in [2.45, 2.75) is 37.8 Å². The lowest BCUT2D eigenvalue weighted by Crippen LogP contribution is -2.49. The van der Waals surface area contributed by atoms with Gasteiger partial charge in [-0.2, -0.15) is 5.26 Å². The Bertz CT molecular complexity index is 301. The van der Waals surface area contributed by atoms with Gasteiger partial charge in [0.05, 0.1) is 25.9 Å². The molecule has 0 bridgehead atoms. The number of carbonyl (C=O) groups is 1. The van der Waals surface area contributed by atoms with Crippen LogP contribution in [-0.2, 0) is 14.3 Å². The van der Waals surface area contributed by atoms with Crippen LogP contribution in [0, 0.1) is 11.3 Å². The van der Waals surface area contributed by atoms with E-state index in [2.05, 4.69) is 6.07 Å². The molecule has 0 aromatic heterocycles. The fourth-order valence-electron chi connectivity index (χ4n) is 2.49. The van der Waals surface area contributed by atoms with E-state index in [1.165, 1.54) is 0 Å². The van der Waals surface area contributed by atoms with Crippen LogP contribution in [0.4, 0.5) is 0 Å². The highest BCUT2D eigenvalue weighted by atomic mass is 16.6. The van der Waals surface area contributed by atoms with E-state index >= 15 is 0 Å². The van der Waals surface area contributed by atoms with Gasteiger partial charge in [-0.3, -0.25) is 4.79 Å². The lowest BCUT2D eigenvalue weighted by atomic mass is 10.2. The molecule has 1 saturated heterocycles. The molecule has 5 nitrogen and oxygen atoms in total. The van der Waals surface area contributed by atoms with E-state index in [1.54, 1.807) is 4.90 Å². The predicted molar refractivity (Wildman–Crippen MR) is 60.1 cm³/mol. The lowest BCUT2D eigenvalue weighted by Gasteiger charge is -2.31. The molecule has 0 spiro atoms. The van der Waals surface area contributed by atoms with Crippen LogP contribution in [0.1, 0.15) is 25.7 Å². The van der Waals surface area contributed by atoms with Gasteiger partial charge in [-0.1, -0.05) is 12.8 Å². The summed E-state index contributed by atoms with van der Waals surface area (Å²) in [6.45, 7) is 1.48. The number of hydrogen-bond donors (Lipinski definition) is 0. The van der Waals surface area contributed by atoms with Crippen molar-refractivity contribution >= 4 is 5.91 Å². The number of nitriles is 1. The monoisotopic (exact) mass is 238 g/mol. The average molecular weight is 238 g/mol. The molecule has 1 aliphatic heterocycles. The number of amides is 1. The Kier molecular flexibility index (Phi) is 4.35. The van der Waals surface area contributed by atoms with E-state index in [-0.39, 0.29) is 18.5 Å². The quantitative estimate of drug-likeness (QED) is 0.679. The van der Waals surface area contributed by atoms with Crippen molar-refractivity contribution in [1.29, 1.82) is 5.26 Å². The van der Waals surface area contributed by atoms with Crippen LogP contribution in [0.5, 0.6) is 0 Å². The third-order valence-corrected chi connectivity index (χ3v) is 3.38. The van der Waals surface area contributed by atoms with Crippen molar-refractivity contribution < 1.29 is 14.3 Å². The standard InChI is InChI=1S/C12H18N2O3/c13-5-6-14(10-3-1-2-4-10)12(15)11-9-16-7-8-17-11/h10-11H,1-4,6-9H2. The number of ether oxygens (including phenoxy) is 2. The van der Waals surface area contributed by atoms with E-state index < -0.39 is 6.10 Å². The zero-order valence-corrected chi connectivity index (χ0v) is 9.93. The van der Waals surface area contributed by atoms with Crippen molar-refractivity contribution in [2.24, 2.45) is 0 Å². The summed E-state index contributed by atoms with van der Waals surface area (Å²) in [5, 5.41) is 8.83. The molecular weight excluding hydrogens is 220 g/mol. The molecule has 2 aliphatic rings. The van der Waals surface area contributed by atoms with Gasteiger partial charge in [0, 0.05) is 6.04 Å². The van der Waals surface area contributed by atoms with Gasteiger partial charge in [0.15, 0.2) is 6.10 Å². The summed E-state index contributed by atoms with van der Waals surface area (Å²) < 4.78 is 10.6. The van der Waals surface area contributed by atoms with Crippen molar-refractivity contribution in [3.63, 3.8) is 0 Å². The Hall–Kier alpha value is -1.12. The molecular formula is C12H18N2O3. The Morgan fingerprint density at radius 1 is 1.35 bits per heavy atom. The zero-order chi connectivity index (χ0) is 12.1. The van der Waals surface area contributed by atoms with E-state index in [0.717, 1.165) is 25.7 Å². The minimum absolute atomic E-state index is 0.0850. The third kappa shape index (κ3) is 2.96. The number of nitrogens with zero attached hydrogens (tertiary/aromatic N) is 2. The van der Waals surface area contributed by atoms with Crippen LogP contribution in [-0.4, -0.2) is 49.3 Å². The fourth-order valence-corrected chi connectivity index (χ4v) is 2.49. The first-order chi connectivity index (χ1) is 8.33. The molecule has 0 aromatic rings. The minimum Gasteiger partial charge on any atom is -0.376 e. The van der Waals surface area contributed by atoms with Gasteiger partial charge in [0.25, 0.3) is 5.91 Å². The van der Waals surface area contributed by atoms with Crippen molar-refractivity contribution in [1.82, 2.24) is 4.90 Å². The van der Waals surface area contributed by atoms with Crippen LogP contribution in [0.3, 0.4) is 0 Å². The highest BCUT2D eigenvalue weighted by Gasteiger charge is 2.32. The van der Waals surface area contributed by atoms with Gasteiger partial charge in [-0.25, -0.2) is 0 Å². The normalized spacial score (nSPS) is 25.5. The smallest absolute Gasteiger partial charge is 0.255 e. The Morgan fingerprint density at radius 2 is 2.12 bits per heavy atom. The molecule has 2 fully saturated rings. The van der Waals surface area contributed by atoms with Crippen LogP contribution >= 0.6 is 0 Å². The highest BCUT2D eigenvalue weighted by molar-refractivity contribution is 5.81. The first-order valence-electron chi connectivity index (χ1n) is 6.19. The molecule has 1 heterocycles. The summed E-state index contributed by atoms with van der Waals surface area (Å²) in [5.74, 6) is -0.0850. The maximum atomic E-state index is 12.2. The van der Waals surface area contributed by atoms with Gasteiger partial charge in [-0.15, -0.1) is 0 Å². The topological polar surface area (TPSA) is 62.6 Å². The number of rotatable bonds is 3. The second-order valence-electron chi connectivity index (χ2n) is 4.50. The van der Waals surface area contributed by atoms with E-state index in [1.807, 2.05) is 0 Å². The molecule has 2 rings (SSSR count). The van der Waals surface area contributed by atoms with Crippen LogP contribution in [0.25, 0.3) is 0 Å². The van der Waals surface area contributed by atoms with Gasteiger partial charge < -0.3 is 14.4 Å². The average Bonchev–Trinajstić information content (AvgIpc) is 2.90. The molecule has 0 aromatic carbocycles. The predicted octanol–water partition coefficient (Wildman–Crippen LogP) is 0.697. The molecule has 1 atom stereocenters. The summed E-state index contributed by atoms with van der Waals surface area (Å²) in [6.07, 6.45) is 3.77. The molecule has 5 heteroatoms. The molecule has 1 amide bonds. The summed E-state index contributed by atoms with van der Waals surface area (Å²) >= 11 is 0. The summed E-state index contributed by atoms with van der Waals surface area (Å²) in [7, 11) is 0. The molecule has 0 N–H and O–H groups in total. The van der Waals surface area contributed by atoms with E-state index in [9.17, 15) is 4.79 Å². The molecule has 17 heavy (non-hydrogen) atoms. The van der Waals surface area contributed by atoms with Crippen molar-refractivity contribution in [2.75, 3.05) is 26.4 Å². The second kappa shape index (κ2) is 5.99. The minimum atomic E-state index is -0.516. The van der Waals surface area contributed by atoms with E-state index in [0.29, 0.717) is 19.8 Å². The molecule has 1 saturated carbocycles. The van der Waals surface area contributed by atoms with Gasteiger partial charge in [0.1, 0.15) is 6.54 Å². The first-order valence-corrected chi connectivity index (χ1v) is 6.19.